The predicted molar refractivity (Wildman–Crippen MR) is 382 cm³/mol. The molecule has 0 radical (unpaired) electrons. The second-order valence-electron chi connectivity index (χ2n) is 21.9. The van der Waals surface area contributed by atoms with Crippen LogP contribution in [-0.4, -0.2) is 135 Å². The van der Waals surface area contributed by atoms with Gasteiger partial charge in [-0.15, -0.1) is 0 Å². The summed E-state index contributed by atoms with van der Waals surface area (Å²) in [6.45, 7) is 5.89. The first-order chi connectivity index (χ1) is 50.1. The van der Waals surface area contributed by atoms with Crippen molar-refractivity contribution in [2.24, 2.45) is 21.1 Å². The topological polar surface area (TPSA) is 421 Å². The smallest absolute Gasteiger partial charge is 0.284 e. The average molecular weight is 1550 g/mol. The van der Waals surface area contributed by atoms with E-state index in [0.717, 1.165) is 165 Å². The van der Waals surface area contributed by atoms with E-state index in [4.69, 9.17) is 0 Å². The fraction of sp³-hybridized carbons (Fsp3) is 0.108. The van der Waals surface area contributed by atoms with E-state index in [9.17, 15) is 74.8 Å². The van der Waals surface area contributed by atoms with Gasteiger partial charge in [0.2, 0.25) is 49.2 Å². The lowest BCUT2D eigenvalue weighted by Crippen LogP contribution is -2.23. The summed E-state index contributed by atoms with van der Waals surface area (Å²) in [5.74, 6) is -1.08. The molecule has 0 spiro atoms. The van der Waals surface area contributed by atoms with Crippen LogP contribution >= 0.6 is 0 Å². The summed E-state index contributed by atoms with van der Waals surface area (Å²) in [5.41, 5.74) is 1.64. The Morgan fingerprint density at radius 3 is 1.15 bits per heavy atom. The Bertz CT molecular complexity index is 5820. The van der Waals surface area contributed by atoms with Crippen molar-refractivity contribution in [3.05, 3.63) is 302 Å². The predicted octanol–water partition coefficient (Wildman–Crippen LogP) is 4.17. The number of halogens is 2. The molecule has 6 aromatic carbocycles. The zero-order valence-electron chi connectivity index (χ0n) is 56.3. The van der Waals surface area contributed by atoms with Crippen LogP contribution in [0.2, 0.25) is 0 Å². The van der Waals surface area contributed by atoms with E-state index in [0.29, 0.717) is 5.69 Å². The van der Waals surface area contributed by atoms with Crippen molar-refractivity contribution in [2.45, 2.75) is 51.8 Å². The van der Waals surface area contributed by atoms with Gasteiger partial charge in [-0.05, 0) is 155 Å². The number of rotatable bonds is 18. The lowest BCUT2D eigenvalue weighted by Gasteiger charge is -1.99. The number of benzene rings is 6. The van der Waals surface area contributed by atoms with Crippen LogP contribution in [0, 0.1) is 32.4 Å². The zero-order chi connectivity index (χ0) is 77.2. The summed E-state index contributed by atoms with van der Waals surface area (Å²) in [7, 11) is -14.0. The summed E-state index contributed by atoms with van der Waals surface area (Å²) in [6, 6.07) is 40.6. The van der Waals surface area contributed by atoms with E-state index in [1.54, 1.807) is 48.5 Å². The van der Waals surface area contributed by atoms with Crippen molar-refractivity contribution in [2.75, 3.05) is 0 Å². The molecule has 0 atom stereocenters. The number of hydrogen-bond donors (Lipinski definition) is 0. The van der Waals surface area contributed by atoms with Crippen molar-refractivity contribution in [3.63, 3.8) is 0 Å². The SMILES string of the molecule is Cc1ccc(S(=O)(=O)/C=C/n2cnn(C)c2=O)cc1.Cc1ccc(S(=O)(=O)/C=C/n2ncn(C)c2=O)cc1.Cc1ccc(S(=O)(=O)/C=C/n2nnn(Cc3ccccc3)c2=O)cc1.Cn1nnn(/C=C/S(=O)(=O)c2ccc(F)cc2)c1=O.O=c1n(/C=C/S(=O)(=O)c2ccc(F)cc2)nnn1-c1cccnc1. The number of aryl methyl sites for hydroxylation is 6. The molecule has 0 saturated heterocycles. The minimum atomic E-state index is -3.84. The van der Waals surface area contributed by atoms with Crippen molar-refractivity contribution < 1.29 is 50.9 Å². The molecule has 106 heavy (non-hydrogen) atoms. The molecule has 41 heteroatoms. The molecule has 34 nitrogen and oxygen atoms in total. The van der Waals surface area contributed by atoms with Gasteiger partial charge in [0.1, 0.15) is 24.3 Å². The van der Waals surface area contributed by atoms with Crippen molar-refractivity contribution in [1.82, 2.24) is 93.1 Å². The van der Waals surface area contributed by atoms with Gasteiger partial charge < -0.3 is 0 Å². The van der Waals surface area contributed by atoms with Crippen molar-refractivity contribution in [1.29, 1.82) is 0 Å². The minimum Gasteiger partial charge on any atom is -0.284 e. The lowest BCUT2D eigenvalue weighted by atomic mass is 10.2. The van der Waals surface area contributed by atoms with Gasteiger partial charge in [0.05, 0.1) is 69.9 Å². The monoisotopic (exact) mass is 1550 g/mol. The third-order valence-electron chi connectivity index (χ3n) is 14.0. The van der Waals surface area contributed by atoms with Crippen LogP contribution in [0.1, 0.15) is 22.3 Å². The maximum Gasteiger partial charge on any atom is 0.372 e. The minimum absolute atomic E-state index is 0.0814. The molecule has 0 aliphatic carbocycles. The van der Waals surface area contributed by atoms with Gasteiger partial charge in [0.15, 0.2) is 0 Å². The zero-order valence-corrected chi connectivity index (χ0v) is 60.4. The molecule has 12 aromatic rings. The van der Waals surface area contributed by atoms with E-state index < -0.39 is 89.3 Å². The molecule has 550 valence electrons. The van der Waals surface area contributed by atoms with Crippen LogP contribution in [0.4, 0.5) is 8.78 Å². The highest BCUT2D eigenvalue weighted by atomic mass is 32.2. The van der Waals surface area contributed by atoms with Gasteiger partial charge >= 0.3 is 28.4 Å². The Hall–Kier alpha value is -12.7. The fourth-order valence-electron chi connectivity index (χ4n) is 8.17. The molecular formula is C65H61F2N19O15S5. The van der Waals surface area contributed by atoms with E-state index in [2.05, 4.69) is 46.5 Å². The molecule has 0 unspecified atom stereocenters. The molecule has 0 aliphatic heterocycles. The first-order valence-electron chi connectivity index (χ1n) is 30.2. The fourth-order valence-corrected chi connectivity index (χ4v) is 12.9. The molecule has 0 bridgehead atoms. The van der Waals surface area contributed by atoms with Crippen LogP contribution < -0.4 is 28.4 Å². The number of hydrogen-bond acceptors (Lipinski definition) is 24. The number of nitrogens with zero attached hydrogens (tertiary/aromatic N) is 19. The lowest BCUT2D eigenvalue weighted by molar-refractivity contribution is 0.601. The Balaban J connectivity index is 0.000000168. The van der Waals surface area contributed by atoms with Crippen LogP contribution in [0.15, 0.2) is 264 Å². The Morgan fingerprint density at radius 2 is 0.764 bits per heavy atom. The molecular weight excluding hydrogens is 1490 g/mol. The molecule has 0 amide bonds. The molecule has 0 aliphatic rings. The number of tetrazole rings is 3. The van der Waals surface area contributed by atoms with Crippen LogP contribution in [0.3, 0.4) is 0 Å². The molecule has 0 N–H and O–H groups in total. The van der Waals surface area contributed by atoms with Gasteiger partial charge in [-0.25, -0.2) is 79.5 Å². The normalized spacial score (nSPS) is 12.0. The third kappa shape index (κ3) is 21.4. The van der Waals surface area contributed by atoms with Crippen LogP contribution in [-0.2, 0) is 76.9 Å². The van der Waals surface area contributed by atoms with Gasteiger partial charge in [-0.3, -0.25) is 14.1 Å². The highest BCUT2D eigenvalue weighted by Gasteiger charge is 2.17. The molecule has 12 rings (SSSR count). The van der Waals surface area contributed by atoms with Gasteiger partial charge in [-0.2, -0.15) is 43.0 Å². The number of aromatic nitrogens is 19. The van der Waals surface area contributed by atoms with Gasteiger partial charge in [-0.1, -0.05) is 83.4 Å². The number of pyridine rings is 1. The highest BCUT2D eigenvalue weighted by molar-refractivity contribution is 7.95. The van der Waals surface area contributed by atoms with E-state index in [1.807, 2.05) is 51.1 Å². The molecule has 0 saturated carbocycles. The first kappa shape index (κ1) is 79.0. The summed E-state index contributed by atoms with van der Waals surface area (Å²) in [6.07, 6.45) is 10.9. The van der Waals surface area contributed by atoms with Crippen molar-refractivity contribution >= 4 is 80.2 Å². The average Bonchev–Trinajstić information content (AvgIpc) is 1.58. The van der Waals surface area contributed by atoms with Gasteiger partial charge in [0.25, 0.3) is 0 Å². The van der Waals surface area contributed by atoms with E-state index >= 15 is 0 Å². The Kier molecular flexibility index (Phi) is 25.7. The van der Waals surface area contributed by atoms with Crippen LogP contribution in [0.5, 0.6) is 0 Å². The maximum atomic E-state index is 12.9. The maximum absolute atomic E-state index is 12.9. The summed E-state index contributed by atoms with van der Waals surface area (Å²) in [5, 5.41) is 33.5. The first-order valence-corrected chi connectivity index (χ1v) is 37.9. The molecule has 6 aromatic heterocycles. The third-order valence-corrected chi connectivity index (χ3v) is 21.1. The summed E-state index contributed by atoms with van der Waals surface area (Å²) < 4.78 is 156. The largest absolute Gasteiger partial charge is 0.372 e. The molecule has 6 heterocycles. The Morgan fingerprint density at radius 1 is 0.368 bits per heavy atom. The second kappa shape index (κ2) is 34.5. The quantitative estimate of drug-likeness (QED) is 0.109. The summed E-state index contributed by atoms with van der Waals surface area (Å²) >= 11 is 0. The van der Waals surface area contributed by atoms with Crippen LogP contribution in [0.25, 0.3) is 36.7 Å². The highest BCUT2D eigenvalue weighted by Crippen LogP contribution is 2.18. The van der Waals surface area contributed by atoms with E-state index in [1.165, 1.54) is 93.4 Å². The molecule has 0 fully saturated rings. The number of sulfone groups is 5. The summed E-state index contributed by atoms with van der Waals surface area (Å²) in [4.78, 5) is 62.9. The van der Waals surface area contributed by atoms with Gasteiger partial charge in [0, 0.05) is 58.3 Å². The van der Waals surface area contributed by atoms with E-state index in [-0.39, 0.29) is 31.0 Å². The van der Waals surface area contributed by atoms with Crippen molar-refractivity contribution in [3.8, 4) is 5.69 Å². The second-order valence-corrected chi connectivity index (χ2v) is 31.1. The Labute approximate surface area is 601 Å². The standard InChI is InChI=1S/C17H16N4O3S.C14H10FN5O3S.2C12H13N3O3S.C10H9FN4O3S/c1-14-7-9-16(10-8-14)25(23,24)12-11-20-17(22)21(19-18-20)13-15-5-3-2-4-6-15;15-11-3-5-13(6-4-11)24(22,23)9-8-19-14(21)20(18-17-19)12-2-1-7-16-10-12;1-10-3-5-11(6-4-10)19(17,18)8-7-15-9-13-14(2)12(15)16;1-10-3-5-11(6-4-10)19(17,18)8-7-15-12(16)14(2)9-13-15;1-14-10(16)15(13-12-14)6-7-19(17,18)9-4-2-8(11)3-5-9/h2-12H,13H2,1H3;1-10H;2*3-9H,1-2H3;2-7H,1H3/b12-11+;9-8+;2*8-7+;7-6+.